The van der Waals surface area contributed by atoms with Crippen LogP contribution in [0.5, 0.6) is 5.75 Å². The lowest BCUT2D eigenvalue weighted by atomic mass is 9.98. The van der Waals surface area contributed by atoms with Crippen molar-refractivity contribution >= 4 is 22.6 Å². The molecule has 1 aliphatic heterocycles. The molecule has 0 saturated carbocycles. The number of carbonyl (C=O) groups is 1. The van der Waals surface area contributed by atoms with Gasteiger partial charge in [0.15, 0.2) is 5.96 Å². The summed E-state index contributed by atoms with van der Waals surface area (Å²) in [5.74, 6) is 1.20. The largest absolute Gasteiger partial charge is 0.496 e. The quantitative estimate of drug-likeness (QED) is 0.870. The topological polar surface area (TPSA) is 62.7 Å². The number of hydrogen-bond donors (Lipinski definition) is 2. The second-order valence-corrected chi connectivity index (χ2v) is 4.54. The minimum Gasteiger partial charge on any atom is -0.496 e. The highest BCUT2D eigenvalue weighted by molar-refractivity contribution is 6.08. The molecule has 5 nitrogen and oxygen atoms in total. The maximum absolute atomic E-state index is 12.1. The number of aliphatic imine (C=N–C) groups is 1. The van der Waals surface area contributed by atoms with E-state index in [-0.39, 0.29) is 5.91 Å². The van der Waals surface area contributed by atoms with Crippen LogP contribution >= 0.6 is 0 Å². The van der Waals surface area contributed by atoms with E-state index in [4.69, 9.17) is 4.74 Å². The summed E-state index contributed by atoms with van der Waals surface area (Å²) in [6.45, 7) is 0. The zero-order valence-electron chi connectivity index (χ0n) is 11.3. The fraction of sp³-hybridized carbons (Fsp3) is 0.200. The molecule has 1 atom stereocenters. The maximum atomic E-state index is 12.1. The van der Waals surface area contributed by atoms with Crippen molar-refractivity contribution in [3.05, 3.63) is 42.0 Å². The van der Waals surface area contributed by atoms with Crippen LogP contribution in [0.1, 0.15) is 11.6 Å². The summed E-state index contributed by atoms with van der Waals surface area (Å²) in [5.41, 5.74) is 0.914. The molecule has 1 saturated heterocycles. The summed E-state index contributed by atoms with van der Waals surface area (Å²) >= 11 is 0. The van der Waals surface area contributed by atoms with Crippen LogP contribution in [0.15, 0.2) is 41.4 Å². The number of carbonyl (C=O) groups excluding carboxylic acids is 1. The Bertz CT molecular complexity index is 709. The summed E-state index contributed by atoms with van der Waals surface area (Å²) in [7, 11) is 3.28. The van der Waals surface area contributed by atoms with Gasteiger partial charge < -0.3 is 10.1 Å². The van der Waals surface area contributed by atoms with E-state index in [0.29, 0.717) is 5.96 Å². The van der Waals surface area contributed by atoms with Gasteiger partial charge in [-0.2, -0.15) is 0 Å². The second kappa shape index (κ2) is 4.85. The van der Waals surface area contributed by atoms with Gasteiger partial charge in [-0.1, -0.05) is 30.3 Å². The molecule has 1 fully saturated rings. The van der Waals surface area contributed by atoms with Crippen molar-refractivity contribution in [2.75, 3.05) is 14.2 Å². The first-order valence-corrected chi connectivity index (χ1v) is 6.34. The smallest absolute Gasteiger partial charge is 0.253 e. The van der Waals surface area contributed by atoms with Gasteiger partial charge in [-0.15, -0.1) is 0 Å². The van der Waals surface area contributed by atoms with Crippen LogP contribution in [0.25, 0.3) is 10.8 Å². The van der Waals surface area contributed by atoms with E-state index in [1.54, 1.807) is 14.2 Å². The van der Waals surface area contributed by atoms with E-state index in [1.807, 2.05) is 36.4 Å². The normalized spacial score (nSPS) is 20.0. The predicted molar refractivity (Wildman–Crippen MR) is 77.9 cm³/mol. The van der Waals surface area contributed by atoms with Crippen LogP contribution in [0, 0.1) is 0 Å². The van der Waals surface area contributed by atoms with Crippen LogP contribution in [0.4, 0.5) is 0 Å². The molecular formula is C15H15N3O2. The van der Waals surface area contributed by atoms with Crippen molar-refractivity contribution in [2.45, 2.75) is 6.04 Å². The van der Waals surface area contributed by atoms with Crippen molar-refractivity contribution < 1.29 is 9.53 Å². The van der Waals surface area contributed by atoms with Crippen LogP contribution < -0.4 is 15.4 Å². The number of methoxy groups -OCH3 is 1. The molecule has 2 N–H and O–H groups in total. The standard InChI is InChI=1S/C15H15N3O2/c1-16-15-17-13(14(19)18-15)11-7-8-12(20-2)10-6-4-3-5-9(10)11/h3-8,13H,1-2H3,(H2,16,17,18,19). The number of rotatable bonds is 2. The molecule has 0 aliphatic carbocycles. The maximum Gasteiger partial charge on any atom is 0.253 e. The highest BCUT2D eigenvalue weighted by atomic mass is 16.5. The number of hydrogen-bond acceptors (Lipinski definition) is 3. The van der Waals surface area contributed by atoms with E-state index in [0.717, 1.165) is 22.1 Å². The fourth-order valence-corrected chi connectivity index (χ4v) is 2.49. The molecule has 2 aromatic rings. The number of ether oxygens (including phenoxy) is 1. The fourth-order valence-electron chi connectivity index (χ4n) is 2.49. The lowest BCUT2D eigenvalue weighted by molar-refractivity contribution is -0.120. The van der Waals surface area contributed by atoms with E-state index in [1.165, 1.54) is 0 Å². The highest BCUT2D eigenvalue weighted by Crippen LogP contribution is 2.32. The van der Waals surface area contributed by atoms with Gasteiger partial charge in [0.05, 0.1) is 7.11 Å². The molecule has 1 heterocycles. The molecular weight excluding hydrogens is 254 g/mol. The van der Waals surface area contributed by atoms with Gasteiger partial charge in [0.25, 0.3) is 5.91 Å². The molecule has 102 valence electrons. The van der Waals surface area contributed by atoms with Crippen LogP contribution in [0.2, 0.25) is 0 Å². The zero-order valence-corrected chi connectivity index (χ0v) is 11.3. The van der Waals surface area contributed by atoms with Crippen LogP contribution in [0.3, 0.4) is 0 Å². The Kier molecular flexibility index (Phi) is 3.02. The molecule has 0 bridgehead atoms. The Hall–Kier alpha value is -2.56. The third kappa shape index (κ3) is 1.87. The first-order chi connectivity index (χ1) is 9.74. The average Bonchev–Trinajstić information content (AvgIpc) is 2.87. The summed E-state index contributed by atoms with van der Waals surface area (Å²) in [5, 5.41) is 7.79. The van der Waals surface area contributed by atoms with Crippen LogP contribution in [-0.2, 0) is 4.79 Å². The minimum absolute atomic E-state index is 0.0964. The van der Waals surface area contributed by atoms with E-state index in [2.05, 4.69) is 15.6 Å². The zero-order chi connectivity index (χ0) is 14.1. The molecule has 0 spiro atoms. The van der Waals surface area contributed by atoms with Gasteiger partial charge >= 0.3 is 0 Å². The van der Waals surface area contributed by atoms with E-state index < -0.39 is 6.04 Å². The molecule has 2 aromatic carbocycles. The van der Waals surface area contributed by atoms with Gasteiger partial charge in [-0.25, -0.2) is 0 Å². The third-order valence-corrected chi connectivity index (χ3v) is 3.46. The monoisotopic (exact) mass is 269 g/mol. The minimum atomic E-state index is -0.426. The number of guanidine groups is 1. The summed E-state index contributed by atoms with van der Waals surface area (Å²) in [4.78, 5) is 16.0. The lowest BCUT2D eigenvalue weighted by Gasteiger charge is -2.14. The SMILES string of the molecule is CN=C1NC(=O)C(c2ccc(OC)c3ccccc23)N1. The molecule has 1 aliphatic rings. The molecule has 3 rings (SSSR count). The van der Waals surface area contributed by atoms with Gasteiger partial charge in [0, 0.05) is 12.4 Å². The number of nitrogens with zero attached hydrogens (tertiary/aromatic N) is 1. The summed E-state index contributed by atoms with van der Waals surface area (Å²) in [6, 6.07) is 11.3. The number of benzene rings is 2. The van der Waals surface area contributed by atoms with Crippen molar-refractivity contribution in [3.8, 4) is 5.75 Å². The predicted octanol–water partition coefficient (Wildman–Crippen LogP) is 1.59. The Morgan fingerprint density at radius 2 is 1.90 bits per heavy atom. The van der Waals surface area contributed by atoms with Crippen LogP contribution in [-0.4, -0.2) is 26.0 Å². The summed E-state index contributed by atoms with van der Waals surface area (Å²) < 4.78 is 5.37. The summed E-state index contributed by atoms with van der Waals surface area (Å²) in [6.07, 6.45) is 0. The van der Waals surface area contributed by atoms with Crippen molar-refractivity contribution in [1.29, 1.82) is 0 Å². The van der Waals surface area contributed by atoms with Crippen molar-refractivity contribution in [1.82, 2.24) is 10.6 Å². The highest BCUT2D eigenvalue weighted by Gasteiger charge is 2.30. The average molecular weight is 269 g/mol. The first-order valence-electron chi connectivity index (χ1n) is 6.34. The van der Waals surface area contributed by atoms with Gasteiger partial charge in [0.1, 0.15) is 11.8 Å². The molecule has 0 aromatic heterocycles. The Balaban J connectivity index is 2.16. The Morgan fingerprint density at radius 3 is 2.55 bits per heavy atom. The second-order valence-electron chi connectivity index (χ2n) is 4.54. The number of nitrogens with one attached hydrogen (secondary N) is 2. The first kappa shape index (κ1) is 12.5. The molecule has 20 heavy (non-hydrogen) atoms. The van der Waals surface area contributed by atoms with Gasteiger partial charge in [-0.3, -0.25) is 15.1 Å². The number of fused-ring (bicyclic) bond motifs is 1. The van der Waals surface area contributed by atoms with E-state index >= 15 is 0 Å². The molecule has 5 heteroatoms. The van der Waals surface area contributed by atoms with E-state index in [9.17, 15) is 4.79 Å². The lowest BCUT2D eigenvalue weighted by Crippen LogP contribution is -2.24. The molecule has 0 radical (unpaired) electrons. The number of amides is 1. The third-order valence-electron chi connectivity index (χ3n) is 3.46. The van der Waals surface area contributed by atoms with Gasteiger partial charge in [-0.05, 0) is 17.0 Å². The Labute approximate surface area is 116 Å². The van der Waals surface area contributed by atoms with Crippen molar-refractivity contribution in [2.24, 2.45) is 4.99 Å². The molecule has 1 unspecified atom stereocenters. The molecule has 1 amide bonds. The van der Waals surface area contributed by atoms with Crippen molar-refractivity contribution in [3.63, 3.8) is 0 Å². The van der Waals surface area contributed by atoms with Gasteiger partial charge in [0.2, 0.25) is 0 Å². The Morgan fingerprint density at radius 1 is 1.15 bits per heavy atom.